The van der Waals surface area contributed by atoms with Crippen molar-refractivity contribution in [2.75, 3.05) is 39.4 Å². The van der Waals surface area contributed by atoms with Crippen LogP contribution in [-0.4, -0.2) is 49.9 Å². The molecule has 0 radical (unpaired) electrons. The predicted molar refractivity (Wildman–Crippen MR) is 141 cm³/mol. The number of hydrogen-bond acceptors (Lipinski definition) is 7. The van der Waals surface area contributed by atoms with Gasteiger partial charge in [-0.15, -0.1) is 0 Å². The molecule has 0 bridgehead atoms. The van der Waals surface area contributed by atoms with Gasteiger partial charge in [0.2, 0.25) is 0 Å². The van der Waals surface area contributed by atoms with Crippen molar-refractivity contribution in [3.05, 3.63) is 99.6 Å². The molecule has 0 unspecified atom stereocenters. The lowest BCUT2D eigenvalue weighted by molar-refractivity contribution is -0.384. The number of piperidine rings is 1. The first-order valence-corrected chi connectivity index (χ1v) is 11.8. The van der Waals surface area contributed by atoms with Crippen LogP contribution in [0.3, 0.4) is 0 Å². The topological polar surface area (TPSA) is 80.4 Å². The summed E-state index contributed by atoms with van der Waals surface area (Å²) in [5.74, 6) is 1.73. The zero-order chi connectivity index (χ0) is 25.2. The van der Waals surface area contributed by atoms with Crippen molar-refractivity contribution in [1.29, 1.82) is 0 Å². The number of rotatable bonds is 6. The molecule has 0 spiro atoms. The molecule has 5 rings (SSSR count). The molecule has 0 saturated carbocycles. The van der Waals surface area contributed by atoms with E-state index in [1.807, 2.05) is 41.4 Å². The molecule has 0 amide bonds. The van der Waals surface area contributed by atoms with Gasteiger partial charge in [0.05, 0.1) is 36.6 Å². The van der Waals surface area contributed by atoms with Gasteiger partial charge in [0, 0.05) is 31.1 Å². The molecule has 2 aliphatic rings. The van der Waals surface area contributed by atoms with E-state index in [9.17, 15) is 10.1 Å². The van der Waals surface area contributed by atoms with Crippen LogP contribution in [0.4, 0.5) is 11.4 Å². The maximum Gasteiger partial charge on any atom is 0.269 e. The van der Waals surface area contributed by atoms with Gasteiger partial charge in [0.15, 0.2) is 0 Å². The summed E-state index contributed by atoms with van der Waals surface area (Å²) in [6.07, 6.45) is 2.19. The van der Waals surface area contributed by atoms with Crippen LogP contribution in [0.15, 0.2) is 83.5 Å². The molecule has 0 aliphatic carbocycles. The zero-order valence-corrected chi connectivity index (χ0v) is 20.5. The van der Waals surface area contributed by atoms with Gasteiger partial charge in [-0.2, -0.15) is 5.10 Å². The van der Waals surface area contributed by atoms with Gasteiger partial charge in [-0.1, -0.05) is 24.3 Å². The number of likely N-dealkylation sites (tertiary alicyclic amines) is 1. The minimum absolute atomic E-state index is 0.0591. The molecule has 0 N–H and O–H groups in total. The first-order valence-electron chi connectivity index (χ1n) is 11.8. The molecule has 8 nitrogen and oxygen atoms in total. The molecule has 184 valence electrons. The average molecular weight is 485 g/mol. The predicted octanol–water partition coefficient (Wildman–Crippen LogP) is 5.17. The Balaban J connectivity index is 1.58. The molecule has 2 aliphatic heterocycles. The van der Waals surface area contributed by atoms with Gasteiger partial charge >= 0.3 is 0 Å². The van der Waals surface area contributed by atoms with Crippen LogP contribution in [0.25, 0.3) is 6.08 Å². The molecule has 3 aromatic rings. The molecular formula is C28H28N4O4. The van der Waals surface area contributed by atoms with E-state index in [1.54, 1.807) is 26.4 Å². The number of anilines is 1. The number of hydrogen-bond donors (Lipinski definition) is 0. The summed E-state index contributed by atoms with van der Waals surface area (Å²) in [4.78, 5) is 13.1. The molecule has 0 aromatic heterocycles. The first kappa shape index (κ1) is 23.6. The third-order valence-corrected chi connectivity index (χ3v) is 6.73. The van der Waals surface area contributed by atoms with E-state index in [0.29, 0.717) is 0 Å². The SMILES string of the molecule is COc1ccc(/C=C2/CN(C)C[C@@H]3C2=NN(c2ccc([N+](=O)[O-])cc2)[C@@H]3c2ccc(OC)cc2)cc1. The fourth-order valence-electron chi connectivity index (χ4n) is 4.97. The molecule has 1 saturated heterocycles. The lowest BCUT2D eigenvalue weighted by Crippen LogP contribution is -2.41. The number of benzene rings is 3. The van der Waals surface area contributed by atoms with Gasteiger partial charge in [-0.3, -0.25) is 15.1 Å². The van der Waals surface area contributed by atoms with Crippen molar-refractivity contribution in [1.82, 2.24) is 4.90 Å². The third-order valence-electron chi connectivity index (χ3n) is 6.73. The standard InChI is InChI=1S/C28H28N4O4/c1-30-17-21(16-19-4-12-24(35-2)13-5-19)27-26(18-30)28(20-6-14-25(36-3)15-7-20)31(29-27)22-8-10-23(11-9-22)32(33)34/h4-16,26,28H,17-18H2,1-3H3/b21-16-/t26-,28-/m1/s1. The average Bonchev–Trinajstić information content (AvgIpc) is 3.28. The van der Waals surface area contributed by atoms with Crippen LogP contribution in [0.1, 0.15) is 17.2 Å². The number of nitro groups is 1. The fourth-order valence-corrected chi connectivity index (χ4v) is 4.97. The Labute approximate surface area is 210 Å². The summed E-state index contributed by atoms with van der Waals surface area (Å²) in [7, 11) is 5.44. The van der Waals surface area contributed by atoms with E-state index in [2.05, 4.69) is 30.2 Å². The highest BCUT2D eigenvalue weighted by molar-refractivity contribution is 6.09. The van der Waals surface area contributed by atoms with E-state index < -0.39 is 0 Å². The molecule has 36 heavy (non-hydrogen) atoms. The summed E-state index contributed by atoms with van der Waals surface area (Å²) in [6, 6.07) is 22.6. The highest BCUT2D eigenvalue weighted by Gasteiger charge is 2.43. The quantitative estimate of drug-likeness (QED) is 0.355. The highest BCUT2D eigenvalue weighted by atomic mass is 16.6. The smallest absolute Gasteiger partial charge is 0.269 e. The molecule has 1 fully saturated rings. The van der Waals surface area contributed by atoms with Crippen LogP contribution in [0.5, 0.6) is 11.5 Å². The van der Waals surface area contributed by atoms with Crippen molar-refractivity contribution in [2.24, 2.45) is 11.0 Å². The lowest BCUT2D eigenvalue weighted by atomic mass is 9.83. The molecule has 2 heterocycles. The van der Waals surface area contributed by atoms with Crippen molar-refractivity contribution < 1.29 is 14.4 Å². The Morgan fingerprint density at radius 2 is 1.56 bits per heavy atom. The van der Waals surface area contributed by atoms with Crippen LogP contribution in [0, 0.1) is 16.0 Å². The summed E-state index contributed by atoms with van der Waals surface area (Å²) >= 11 is 0. The van der Waals surface area contributed by atoms with Gasteiger partial charge in [0.1, 0.15) is 11.5 Å². The maximum absolute atomic E-state index is 11.2. The van der Waals surface area contributed by atoms with Gasteiger partial charge < -0.3 is 14.4 Å². The van der Waals surface area contributed by atoms with Crippen molar-refractivity contribution in [3.8, 4) is 11.5 Å². The number of nitrogens with zero attached hydrogens (tertiary/aromatic N) is 4. The van der Waals surface area contributed by atoms with Crippen molar-refractivity contribution in [3.63, 3.8) is 0 Å². The zero-order valence-electron chi connectivity index (χ0n) is 20.5. The molecule has 2 atom stereocenters. The number of methoxy groups -OCH3 is 2. The largest absolute Gasteiger partial charge is 0.497 e. The Bertz CT molecular complexity index is 1300. The Morgan fingerprint density at radius 3 is 2.14 bits per heavy atom. The number of likely N-dealkylation sites (N-methyl/N-ethyl adjacent to an activating group) is 1. The monoisotopic (exact) mass is 484 g/mol. The Hall–Kier alpha value is -4.17. The highest BCUT2D eigenvalue weighted by Crippen LogP contribution is 2.43. The molecular weight excluding hydrogens is 456 g/mol. The third kappa shape index (κ3) is 4.55. The number of hydrazone groups is 1. The van der Waals surface area contributed by atoms with E-state index in [-0.39, 0.29) is 22.6 Å². The number of ether oxygens (including phenoxy) is 2. The number of fused-ring (bicyclic) bond motifs is 1. The minimum atomic E-state index is -0.384. The molecule has 8 heteroatoms. The second kappa shape index (κ2) is 9.83. The van der Waals surface area contributed by atoms with Gasteiger partial charge in [-0.05, 0) is 66.2 Å². The van der Waals surface area contributed by atoms with Crippen LogP contribution < -0.4 is 14.5 Å². The van der Waals surface area contributed by atoms with Crippen LogP contribution in [-0.2, 0) is 0 Å². The summed E-state index contributed by atoms with van der Waals surface area (Å²) in [5.41, 5.74) is 5.26. The summed E-state index contributed by atoms with van der Waals surface area (Å²) in [5, 5.41) is 18.3. The van der Waals surface area contributed by atoms with Crippen molar-refractivity contribution in [2.45, 2.75) is 6.04 Å². The van der Waals surface area contributed by atoms with E-state index in [4.69, 9.17) is 14.6 Å². The van der Waals surface area contributed by atoms with Gasteiger partial charge in [-0.25, -0.2) is 0 Å². The number of non-ortho nitro benzene ring substituents is 1. The van der Waals surface area contributed by atoms with E-state index >= 15 is 0 Å². The first-order chi connectivity index (χ1) is 17.5. The molecule has 3 aromatic carbocycles. The number of nitro benzene ring substituents is 1. The Morgan fingerprint density at radius 1 is 0.944 bits per heavy atom. The maximum atomic E-state index is 11.2. The summed E-state index contributed by atoms with van der Waals surface area (Å²) in [6.45, 7) is 1.63. The second-order valence-electron chi connectivity index (χ2n) is 9.07. The fraction of sp³-hybridized carbons (Fsp3) is 0.250. The second-order valence-corrected chi connectivity index (χ2v) is 9.07. The lowest BCUT2D eigenvalue weighted by Gasteiger charge is -2.34. The van der Waals surface area contributed by atoms with E-state index in [1.165, 1.54) is 12.1 Å². The van der Waals surface area contributed by atoms with Crippen LogP contribution >= 0.6 is 0 Å². The minimum Gasteiger partial charge on any atom is -0.497 e. The normalized spacial score (nSPS) is 20.7. The Kier molecular flexibility index (Phi) is 6.43. The van der Waals surface area contributed by atoms with Gasteiger partial charge in [0.25, 0.3) is 5.69 Å². The van der Waals surface area contributed by atoms with Crippen molar-refractivity contribution >= 4 is 23.2 Å². The summed E-state index contributed by atoms with van der Waals surface area (Å²) < 4.78 is 10.7. The van der Waals surface area contributed by atoms with Crippen LogP contribution in [0.2, 0.25) is 0 Å². The van der Waals surface area contributed by atoms with E-state index in [0.717, 1.165) is 52.7 Å².